The zero-order valence-corrected chi connectivity index (χ0v) is 16.5. The number of thiophene rings is 1. The van der Waals surface area contributed by atoms with Gasteiger partial charge in [-0.15, -0.1) is 11.3 Å². The number of carbonyl (C=O) groups excluding carboxylic acids is 1. The largest absolute Gasteiger partial charge is 0.467 e. The lowest BCUT2D eigenvalue weighted by Crippen LogP contribution is -2.30. The Bertz CT molecular complexity index is 1110. The van der Waals surface area contributed by atoms with Gasteiger partial charge in [0.05, 0.1) is 29.9 Å². The second-order valence-corrected chi connectivity index (χ2v) is 8.32. The van der Waals surface area contributed by atoms with Crippen LogP contribution >= 0.6 is 11.3 Å². The van der Waals surface area contributed by atoms with E-state index < -0.39 is 0 Å². The van der Waals surface area contributed by atoms with Crippen LogP contribution in [0.3, 0.4) is 0 Å². The predicted molar refractivity (Wildman–Crippen MR) is 109 cm³/mol. The highest BCUT2D eigenvalue weighted by molar-refractivity contribution is 7.20. The molecule has 0 atom stereocenters. The number of carbonyl (C=O) groups is 1. The molecule has 5 nitrogen and oxygen atoms in total. The van der Waals surface area contributed by atoms with E-state index in [9.17, 15) is 4.79 Å². The number of furan rings is 1. The summed E-state index contributed by atoms with van der Waals surface area (Å²) in [6.45, 7) is 0.933. The third-order valence-corrected chi connectivity index (χ3v) is 6.49. The second-order valence-electron chi connectivity index (χ2n) is 7.24. The lowest BCUT2D eigenvalue weighted by atomic mass is 10.2. The summed E-state index contributed by atoms with van der Waals surface area (Å²) in [6.07, 6.45) is 4.93. The molecule has 0 unspecified atom stereocenters. The van der Waals surface area contributed by atoms with Gasteiger partial charge in [0.2, 0.25) is 0 Å². The fourth-order valence-electron chi connectivity index (χ4n) is 4.04. The molecule has 1 amide bonds. The van der Waals surface area contributed by atoms with Gasteiger partial charge in [-0.2, -0.15) is 5.10 Å². The summed E-state index contributed by atoms with van der Waals surface area (Å²) in [5, 5.41) is 5.82. The normalized spacial score (nSPS) is 13.2. The molecule has 1 aliphatic rings. The van der Waals surface area contributed by atoms with Crippen LogP contribution in [-0.4, -0.2) is 20.6 Å². The average Bonchev–Trinajstić information content (AvgIpc) is 3.47. The van der Waals surface area contributed by atoms with Crippen LogP contribution in [0.2, 0.25) is 0 Å². The summed E-state index contributed by atoms with van der Waals surface area (Å²) >= 11 is 1.54. The van der Waals surface area contributed by atoms with Crippen molar-refractivity contribution in [3.63, 3.8) is 0 Å². The highest BCUT2D eigenvalue weighted by Gasteiger charge is 2.26. The summed E-state index contributed by atoms with van der Waals surface area (Å²) in [7, 11) is 2.00. The zero-order valence-electron chi connectivity index (χ0n) is 15.7. The summed E-state index contributed by atoms with van der Waals surface area (Å²) in [5.74, 6) is 0.803. The van der Waals surface area contributed by atoms with E-state index in [0.717, 1.165) is 45.7 Å². The maximum absolute atomic E-state index is 13.4. The Balaban J connectivity index is 1.49. The molecule has 0 fully saturated rings. The summed E-state index contributed by atoms with van der Waals surface area (Å²) in [6, 6.07) is 13.9. The van der Waals surface area contributed by atoms with Crippen molar-refractivity contribution in [3.8, 4) is 0 Å². The Kier molecular flexibility index (Phi) is 4.28. The molecule has 6 heteroatoms. The predicted octanol–water partition coefficient (Wildman–Crippen LogP) is 4.56. The van der Waals surface area contributed by atoms with Crippen molar-refractivity contribution in [1.29, 1.82) is 0 Å². The highest BCUT2D eigenvalue weighted by Crippen LogP contribution is 2.29. The van der Waals surface area contributed by atoms with Gasteiger partial charge in [-0.25, -0.2) is 0 Å². The minimum Gasteiger partial charge on any atom is -0.467 e. The van der Waals surface area contributed by atoms with E-state index in [1.54, 1.807) is 17.6 Å². The Morgan fingerprint density at radius 3 is 2.93 bits per heavy atom. The van der Waals surface area contributed by atoms with Gasteiger partial charge < -0.3 is 9.32 Å². The first-order valence-electron chi connectivity index (χ1n) is 9.53. The number of amides is 1. The topological polar surface area (TPSA) is 51.3 Å². The van der Waals surface area contributed by atoms with Crippen LogP contribution in [0.25, 0.3) is 10.1 Å². The first-order valence-corrected chi connectivity index (χ1v) is 10.3. The fraction of sp³-hybridized carbons (Fsp3) is 0.273. The van der Waals surface area contributed by atoms with Crippen molar-refractivity contribution in [3.05, 3.63) is 76.3 Å². The number of aryl methyl sites for hydroxylation is 1. The monoisotopic (exact) mass is 391 g/mol. The number of rotatable bonds is 5. The van der Waals surface area contributed by atoms with E-state index in [-0.39, 0.29) is 5.91 Å². The standard InChI is InChI=1S/C22H21N3O2S/c1-24-19-9-4-8-17(19)18(23-24)14-25(13-16-7-5-11-27-16)22(26)21-12-15-6-2-3-10-20(15)28-21/h2-3,5-7,10-12H,4,8-9,13-14H2,1H3. The quantitative estimate of drug-likeness (QED) is 0.501. The van der Waals surface area contributed by atoms with Crippen LogP contribution in [0.15, 0.2) is 53.1 Å². The first-order chi connectivity index (χ1) is 13.7. The van der Waals surface area contributed by atoms with Crippen LogP contribution in [0, 0.1) is 0 Å². The van der Waals surface area contributed by atoms with Crippen LogP contribution in [0.4, 0.5) is 0 Å². The molecule has 28 heavy (non-hydrogen) atoms. The van der Waals surface area contributed by atoms with Crippen LogP contribution in [0.5, 0.6) is 0 Å². The first kappa shape index (κ1) is 17.3. The number of nitrogens with zero attached hydrogens (tertiary/aromatic N) is 3. The molecule has 0 saturated heterocycles. The molecule has 0 bridgehead atoms. The van der Waals surface area contributed by atoms with Gasteiger partial charge in [-0.05, 0) is 54.5 Å². The molecule has 1 aliphatic carbocycles. The van der Waals surface area contributed by atoms with Crippen molar-refractivity contribution in [2.45, 2.75) is 32.4 Å². The van der Waals surface area contributed by atoms with Crippen LogP contribution < -0.4 is 0 Å². The molecular formula is C22H21N3O2S. The Morgan fingerprint density at radius 2 is 2.11 bits per heavy atom. The van der Waals surface area contributed by atoms with Gasteiger partial charge in [0.25, 0.3) is 5.91 Å². The molecular weight excluding hydrogens is 370 g/mol. The van der Waals surface area contributed by atoms with Crippen molar-refractivity contribution in [1.82, 2.24) is 14.7 Å². The Hall–Kier alpha value is -2.86. The van der Waals surface area contributed by atoms with Crippen molar-refractivity contribution < 1.29 is 9.21 Å². The van der Waals surface area contributed by atoms with Crippen molar-refractivity contribution in [2.24, 2.45) is 7.05 Å². The molecule has 4 aromatic rings. The second kappa shape index (κ2) is 6.95. The SMILES string of the molecule is Cn1nc(CN(Cc2ccco2)C(=O)c2cc3ccccc3s2)c2c1CCC2. The molecule has 1 aromatic carbocycles. The zero-order chi connectivity index (χ0) is 19.1. The van der Waals surface area contributed by atoms with E-state index in [1.807, 2.05) is 53.0 Å². The highest BCUT2D eigenvalue weighted by atomic mass is 32.1. The molecule has 0 spiro atoms. The summed E-state index contributed by atoms with van der Waals surface area (Å²) in [4.78, 5) is 16.0. The number of hydrogen-bond donors (Lipinski definition) is 0. The lowest BCUT2D eigenvalue weighted by Gasteiger charge is -2.20. The smallest absolute Gasteiger partial charge is 0.264 e. The fourth-order valence-corrected chi connectivity index (χ4v) is 5.07. The molecule has 142 valence electrons. The third kappa shape index (κ3) is 3.03. The van der Waals surface area contributed by atoms with Crippen LogP contribution in [-0.2, 0) is 33.0 Å². The Morgan fingerprint density at radius 1 is 1.21 bits per heavy atom. The molecule has 3 aromatic heterocycles. The van der Waals surface area contributed by atoms with E-state index in [2.05, 4.69) is 6.07 Å². The van der Waals surface area contributed by atoms with Gasteiger partial charge in [-0.1, -0.05) is 18.2 Å². The molecule has 0 N–H and O–H groups in total. The molecule has 0 radical (unpaired) electrons. The van der Waals surface area contributed by atoms with E-state index >= 15 is 0 Å². The van der Waals surface area contributed by atoms with E-state index in [4.69, 9.17) is 9.52 Å². The number of fused-ring (bicyclic) bond motifs is 2. The van der Waals surface area contributed by atoms with E-state index in [0.29, 0.717) is 13.1 Å². The number of aromatic nitrogens is 2. The molecule has 0 saturated carbocycles. The molecule has 3 heterocycles. The summed E-state index contributed by atoms with van der Waals surface area (Å²) in [5.41, 5.74) is 3.63. The number of hydrogen-bond acceptors (Lipinski definition) is 4. The summed E-state index contributed by atoms with van der Waals surface area (Å²) < 4.78 is 8.63. The minimum atomic E-state index is 0.0231. The minimum absolute atomic E-state index is 0.0231. The molecule has 0 aliphatic heterocycles. The maximum atomic E-state index is 13.4. The van der Waals surface area contributed by atoms with Crippen molar-refractivity contribution in [2.75, 3.05) is 0 Å². The van der Waals surface area contributed by atoms with Crippen molar-refractivity contribution >= 4 is 27.3 Å². The van der Waals surface area contributed by atoms with E-state index in [1.165, 1.54) is 11.3 Å². The van der Waals surface area contributed by atoms with Gasteiger partial charge >= 0.3 is 0 Å². The molecule has 5 rings (SSSR count). The van der Waals surface area contributed by atoms with Gasteiger partial charge in [0.1, 0.15) is 5.76 Å². The third-order valence-electron chi connectivity index (χ3n) is 5.39. The van der Waals surface area contributed by atoms with Crippen LogP contribution in [0.1, 0.15) is 38.8 Å². The average molecular weight is 391 g/mol. The lowest BCUT2D eigenvalue weighted by molar-refractivity contribution is 0.0719. The van der Waals surface area contributed by atoms with Gasteiger partial charge in [0.15, 0.2) is 0 Å². The Labute approximate surface area is 167 Å². The maximum Gasteiger partial charge on any atom is 0.264 e. The van der Waals surface area contributed by atoms with Gasteiger partial charge in [-0.3, -0.25) is 9.48 Å². The van der Waals surface area contributed by atoms with Gasteiger partial charge in [0, 0.05) is 17.4 Å². The number of benzene rings is 1.